The van der Waals surface area contributed by atoms with Gasteiger partial charge in [-0.3, -0.25) is 4.79 Å². The van der Waals surface area contributed by atoms with E-state index in [1.54, 1.807) is 6.07 Å². The molecule has 132 valence electrons. The van der Waals surface area contributed by atoms with Crippen LogP contribution in [0, 0.1) is 0 Å². The van der Waals surface area contributed by atoms with Crippen molar-refractivity contribution in [3.05, 3.63) is 81.2 Å². The summed E-state index contributed by atoms with van der Waals surface area (Å²) in [5, 5.41) is 9.47. The van der Waals surface area contributed by atoms with Gasteiger partial charge in [0.15, 0.2) is 5.43 Å². The van der Waals surface area contributed by atoms with E-state index in [2.05, 4.69) is 0 Å². The molecular formula is C22H20O4. The second-order valence-electron chi connectivity index (χ2n) is 6.23. The van der Waals surface area contributed by atoms with Crippen molar-refractivity contribution in [2.45, 2.75) is 26.7 Å². The van der Waals surface area contributed by atoms with Crippen LogP contribution in [0.25, 0.3) is 22.6 Å². The lowest BCUT2D eigenvalue weighted by molar-refractivity contribution is 0.0697. The summed E-state index contributed by atoms with van der Waals surface area (Å²) in [6.45, 7) is 3.97. The zero-order valence-corrected chi connectivity index (χ0v) is 14.8. The highest BCUT2D eigenvalue weighted by atomic mass is 16.4. The molecule has 3 rings (SSSR count). The Kier molecular flexibility index (Phi) is 5.03. The van der Waals surface area contributed by atoms with Gasteiger partial charge in [-0.1, -0.05) is 43.7 Å². The third-order valence-electron chi connectivity index (χ3n) is 4.34. The van der Waals surface area contributed by atoms with Crippen LogP contribution in [0.3, 0.4) is 0 Å². The summed E-state index contributed by atoms with van der Waals surface area (Å²) >= 11 is 0. The van der Waals surface area contributed by atoms with E-state index in [0.717, 1.165) is 17.6 Å². The molecule has 0 unspecified atom stereocenters. The first-order chi connectivity index (χ1) is 12.5. The second-order valence-corrected chi connectivity index (χ2v) is 6.23. The average molecular weight is 348 g/mol. The lowest BCUT2D eigenvalue weighted by Crippen LogP contribution is -2.12. The Morgan fingerprint density at radius 3 is 2.50 bits per heavy atom. The lowest BCUT2D eigenvalue weighted by atomic mass is 10.0. The number of hydrogen-bond donors (Lipinski definition) is 1. The van der Waals surface area contributed by atoms with Gasteiger partial charge >= 0.3 is 5.97 Å². The fourth-order valence-corrected chi connectivity index (χ4v) is 2.97. The number of rotatable bonds is 5. The molecule has 0 fully saturated rings. The van der Waals surface area contributed by atoms with Gasteiger partial charge in [-0.2, -0.15) is 0 Å². The molecular weight excluding hydrogens is 328 g/mol. The second kappa shape index (κ2) is 7.40. The first-order valence-corrected chi connectivity index (χ1v) is 8.58. The molecule has 0 spiro atoms. The molecule has 1 heterocycles. The highest BCUT2D eigenvalue weighted by Gasteiger charge is 2.15. The summed E-state index contributed by atoms with van der Waals surface area (Å²) in [6, 6.07) is 14.3. The van der Waals surface area contributed by atoms with E-state index in [9.17, 15) is 9.59 Å². The van der Waals surface area contributed by atoms with Gasteiger partial charge in [0.1, 0.15) is 11.3 Å². The molecule has 1 aromatic heterocycles. The highest BCUT2D eigenvalue weighted by Crippen LogP contribution is 2.23. The SMILES string of the molecule is CCCc1c(/C=C(\C)c2ccccc2)oc2ccc(C(=O)O)cc2c1=O. The van der Waals surface area contributed by atoms with Crippen LogP contribution in [-0.4, -0.2) is 11.1 Å². The Bertz CT molecular complexity index is 1040. The molecule has 0 bridgehead atoms. The van der Waals surface area contributed by atoms with Crippen LogP contribution in [0.5, 0.6) is 0 Å². The molecule has 0 saturated heterocycles. The summed E-state index contributed by atoms with van der Waals surface area (Å²) < 4.78 is 5.98. The smallest absolute Gasteiger partial charge is 0.335 e. The number of aromatic carboxylic acids is 1. The molecule has 4 nitrogen and oxygen atoms in total. The molecule has 2 aromatic carbocycles. The molecule has 0 radical (unpaired) electrons. The Morgan fingerprint density at radius 2 is 1.85 bits per heavy atom. The van der Waals surface area contributed by atoms with Crippen molar-refractivity contribution in [2.75, 3.05) is 0 Å². The monoisotopic (exact) mass is 348 g/mol. The van der Waals surface area contributed by atoms with Crippen LogP contribution >= 0.6 is 0 Å². The van der Waals surface area contributed by atoms with Crippen molar-refractivity contribution in [3.63, 3.8) is 0 Å². The number of benzene rings is 2. The number of carbonyl (C=O) groups is 1. The van der Waals surface area contributed by atoms with E-state index in [1.807, 2.05) is 50.3 Å². The molecule has 0 aliphatic heterocycles. The number of fused-ring (bicyclic) bond motifs is 1. The molecule has 0 amide bonds. The highest BCUT2D eigenvalue weighted by molar-refractivity contribution is 5.93. The van der Waals surface area contributed by atoms with Gasteiger partial charge in [0.25, 0.3) is 0 Å². The normalized spacial score (nSPS) is 11.7. The fourth-order valence-electron chi connectivity index (χ4n) is 2.97. The third-order valence-corrected chi connectivity index (χ3v) is 4.34. The van der Waals surface area contributed by atoms with Crippen molar-refractivity contribution >= 4 is 28.6 Å². The van der Waals surface area contributed by atoms with Gasteiger partial charge in [-0.15, -0.1) is 0 Å². The summed E-state index contributed by atoms with van der Waals surface area (Å²) in [7, 11) is 0. The first-order valence-electron chi connectivity index (χ1n) is 8.58. The van der Waals surface area contributed by atoms with Crippen LogP contribution in [0.4, 0.5) is 0 Å². The predicted octanol–water partition coefficient (Wildman–Crippen LogP) is 5.00. The van der Waals surface area contributed by atoms with Crippen LogP contribution in [-0.2, 0) is 6.42 Å². The molecule has 0 aliphatic carbocycles. The van der Waals surface area contributed by atoms with Crippen molar-refractivity contribution < 1.29 is 14.3 Å². The summed E-state index contributed by atoms with van der Waals surface area (Å²) in [5.41, 5.74) is 2.94. The maximum atomic E-state index is 12.9. The van der Waals surface area contributed by atoms with Crippen molar-refractivity contribution in [3.8, 4) is 0 Å². The topological polar surface area (TPSA) is 67.5 Å². The van der Waals surface area contributed by atoms with Crippen molar-refractivity contribution in [1.29, 1.82) is 0 Å². The van der Waals surface area contributed by atoms with Gasteiger partial charge in [0.05, 0.1) is 10.9 Å². The van der Waals surface area contributed by atoms with Crippen molar-refractivity contribution in [1.82, 2.24) is 0 Å². The molecule has 4 heteroatoms. The predicted molar refractivity (Wildman–Crippen MR) is 103 cm³/mol. The molecule has 26 heavy (non-hydrogen) atoms. The summed E-state index contributed by atoms with van der Waals surface area (Å²) in [6.07, 6.45) is 3.25. The zero-order chi connectivity index (χ0) is 18.7. The Morgan fingerprint density at radius 1 is 1.12 bits per heavy atom. The van der Waals surface area contributed by atoms with Crippen molar-refractivity contribution in [2.24, 2.45) is 0 Å². The minimum Gasteiger partial charge on any atom is -0.478 e. The Hall–Kier alpha value is -3.14. The number of hydrogen-bond acceptors (Lipinski definition) is 3. The van der Waals surface area contributed by atoms with Gasteiger partial charge < -0.3 is 9.52 Å². The van der Waals surface area contributed by atoms with Gasteiger partial charge in [-0.05, 0) is 48.8 Å². The van der Waals surface area contributed by atoms with E-state index in [0.29, 0.717) is 28.7 Å². The minimum absolute atomic E-state index is 0.0796. The summed E-state index contributed by atoms with van der Waals surface area (Å²) in [4.78, 5) is 24.1. The van der Waals surface area contributed by atoms with Crippen LogP contribution in [0.1, 0.15) is 47.5 Å². The fraction of sp³-hybridized carbons (Fsp3) is 0.182. The van der Waals surface area contributed by atoms with Gasteiger partial charge in [-0.25, -0.2) is 4.79 Å². The van der Waals surface area contributed by atoms with E-state index in [1.165, 1.54) is 12.1 Å². The lowest BCUT2D eigenvalue weighted by Gasteiger charge is -2.09. The molecule has 1 N–H and O–H groups in total. The van der Waals surface area contributed by atoms with E-state index in [-0.39, 0.29) is 11.0 Å². The van der Waals surface area contributed by atoms with Gasteiger partial charge in [0.2, 0.25) is 0 Å². The minimum atomic E-state index is -1.06. The molecule has 0 saturated carbocycles. The molecule has 0 aliphatic rings. The van der Waals surface area contributed by atoms with E-state index < -0.39 is 5.97 Å². The number of allylic oxidation sites excluding steroid dienone is 1. The van der Waals surface area contributed by atoms with Gasteiger partial charge in [0, 0.05) is 5.56 Å². The Labute approximate surface area is 151 Å². The Balaban J connectivity index is 2.21. The quantitative estimate of drug-likeness (QED) is 0.704. The van der Waals surface area contributed by atoms with Crippen LogP contribution in [0.15, 0.2) is 57.7 Å². The summed E-state index contributed by atoms with van der Waals surface area (Å²) in [5.74, 6) is -0.527. The number of carboxylic acid groups (broad SMARTS) is 1. The maximum Gasteiger partial charge on any atom is 0.335 e. The number of carboxylic acids is 1. The average Bonchev–Trinajstić information content (AvgIpc) is 2.65. The molecule has 0 atom stereocenters. The maximum absolute atomic E-state index is 12.9. The zero-order valence-electron chi connectivity index (χ0n) is 14.8. The van der Waals surface area contributed by atoms with E-state index in [4.69, 9.17) is 9.52 Å². The first kappa shape index (κ1) is 17.7. The van der Waals surface area contributed by atoms with E-state index >= 15 is 0 Å². The standard InChI is InChI=1S/C22H20O4/c1-3-7-17-20(12-14(2)15-8-5-4-6-9-15)26-19-11-10-16(22(24)25)13-18(19)21(17)23/h4-6,8-13H,3,7H2,1-2H3,(H,24,25)/b14-12+. The van der Waals surface area contributed by atoms with Crippen LogP contribution < -0.4 is 5.43 Å². The largest absolute Gasteiger partial charge is 0.478 e. The molecule has 3 aromatic rings. The third kappa shape index (κ3) is 3.45. The van der Waals surface area contributed by atoms with Crippen LogP contribution in [0.2, 0.25) is 0 Å².